The van der Waals surface area contributed by atoms with E-state index in [4.69, 9.17) is 15.5 Å². The van der Waals surface area contributed by atoms with E-state index in [1.54, 1.807) is 13.3 Å². The summed E-state index contributed by atoms with van der Waals surface area (Å²) in [4.78, 5) is 14.2. The highest BCUT2D eigenvalue weighted by molar-refractivity contribution is 5.82. The van der Waals surface area contributed by atoms with Gasteiger partial charge in [-0.05, 0) is 38.0 Å². The summed E-state index contributed by atoms with van der Waals surface area (Å²) in [5.41, 5.74) is 10.5. The lowest BCUT2D eigenvalue weighted by Gasteiger charge is -2.56. The van der Waals surface area contributed by atoms with E-state index in [2.05, 4.69) is 55.5 Å². The Morgan fingerprint density at radius 2 is 1.92 bits per heavy atom. The fourth-order valence-electron chi connectivity index (χ4n) is 5.86. The first-order valence-electron chi connectivity index (χ1n) is 13.5. The van der Waals surface area contributed by atoms with Crippen molar-refractivity contribution in [3.05, 3.63) is 71.3 Å². The first-order chi connectivity index (χ1) is 18.8. The number of piperidine rings is 1. The number of anilines is 1. The van der Waals surface area contributed by atoms with Crippen LogP contribution in [0.5, 0.6) is 5.88 Å². The van der Waals surface area contributed by atoms with Gasteiger partial charge in [0.25, 0.3) is 0 Å². The Bertz CT molecular complexity index is 1390. The fraction of sp³-hybridized carbons (Fsp3) is 0.448. The fourth-order valence-corrected chi connectivity index (χ4v) is 5.86. The SMILES string of the molecule is COc1ccc(CN2C3CC2CN(c2ccc(C4=CC(NCC(C)(C)N)Cn5ncc(C#N)c54)cn2)C3)cn1. The van der Waals surface area contributed by atoms with Crippen LogP contribution in [0.1, 0.15) is 42.7 Å². The molecule has 3 unspecified atom stereocenters. The summed E-state index contributed by atoms with van der Waals surface area (Å²) in [6, 6.07) is 11.6. The van der Waals surface area contributed by atoms with Crippen molar-refractivity contribution in [1.82, 2.24) is 30.0 Å². The van der Waals surface area contributed by atoms with Crippen LogP contribution >= 0.6 is 0 Å². The molecule has 0 saturated carbocycles. The van der Waals surface area contributed by atoms with Crippen LogP contribution in [0, 0.1) is 11.3 Å². The molecule has 3 N–H and O–H groups in total. The number of rotatable bonds is 8. The van der Waals surface area contributed by atoms with Gasteiger partial charge in [-0.25, -0.2) is 9.97 Å². The predicted octanol–water partition coefficient (Wildman–Crippen LogP) is 2.16. The van der Waals surface area contributed by atoms with Crippen molar-refractivity contribution in [2.45, 2.75) is 57.0 Å². The third kappa shape index (κ3) is 5.13. The number of nitrogens with one attached hydrogen (secondary N) is 1. The van der Waals surface area contributed by atoms with Crippen molar-refractivity contribution >= 4 is 11.4 Å². The summed E-state index contributed by atoms with van der Waals surface area (Å²) in [7, 11) is 1.64. The molecule has 4 aliphatic heterocycles. The number of nitrogens with two attached hydrogens (primary N) is 1. The number of nitrogens with zero attached hydrogens (tertiary/aromatic N) is 7. The Morgan fingerprint density at radius 1 is 1.10 bits per heavy atom. The lowest BCUT2D eigenvalue weighted by Crippen LogP contribution is -2.68. The van der Waals surface area contributed by atoms with E-state index >= 15 is 0 Å². The minimum absolute atomic E-state index is 0.0579. The molecule has 3 aromatic rings. The van der Waals surface area contributed by atoms with Crippen LogP contribution in [0.15, 0.2) is 48.9 Å². The minimum atomic E-state index is -0.324. The maximum atomic E-state index is 9.71. The van der Waals surface area contributed by atoms with Crippen LogP contribution in [-0.4, -0.2) is 75.1 Å². The van der Waals surface area contributed by atoms with Crippen molar-refractivity contribution in [3.8, 4) is 11.9 Å². The molecule has 4 aliphatic rings. The first kappa shape index (κ1) is 25.5. The van der Waals surface area contributed by atoms with Gasteiger partial charge in [-0.1, -0.05) is 12.1 Å². The number of nitriles is 1. The average Bonchev–Trinajstić information content (AvgIpc) is 3.37. The molecule has 0 radical (unpaired) electrons. The number of fused-ring (bicyclic) bond motifs is 3. The smallest absolute Gasteiger partial charge is 0.212 e. The molecule has 7 rings (SSSR count). The van der Waals surface area contributed by atoms with Gasteiger partial charge in [0.15, 0.2) is 0 Å². The van der Waals surface area contributed by atoms with Crippen molar-refractivity contribution in [3.63, 3.8) is 0 Å². The number of hydrogen-bond acceptors (Lipinski definition) is 9. The molecule has 0 aliphatic carbocycles. The molecule has 7 heterocycles. The van der Waals surface area contributed by atoms with Gasteiger partial charge in [-0.2, -0.15) is 10.4 Å². The molecule has 0 spiro atoms. The van der Waals surface area contributed by atoms with Gasteiger partial charge in [0.2, 0.25) is 5.88 Å². The lowest BCUT2D eigenvalue weighted by atomic mass is 9.87. The molecule has 3 atom stereocenters. The summed E-state index contributed by atoms with van der Waals surface area (Å²) in [6.07, 6.45) is 8.89. The Hall–Kier alpha value is -3.78. The summed E-state index contributed by atoms with van der Waals surface area (Å²) in [5, 5.41) is 17.7. The Labute approximate surface area is 229 Å². The topological polar surface area (TPSA) is 121 Å². The van der Waals surface area contributed by atoms with Gasteiger partial charge in [0.1, 0.15) is 11.9 Å². The molecule has 10 heteroatoms. The molecule has 3 fully saturated rings. The second-order valence-electron chi connectivity index (χ2n) is 11.5. The van der Waals surface area contributed by atoms with Crippen LogP contribution in [0.3, 0.4) is 0 Å². The zero-order chi connectivity index (χ0) is 27.1. The Balaban J connectivity index is 1.16. The number of piperazine rings is 1. The Morgan fingerprint density at radius 3 is 2.56 bits per heavy atom. The zero-order valence-electron chi connectivity index (χ0n) is 22.7. The van der Waals surface area contributed by atoms with E-state index in [9.17, 15) is 5.26 Å². The van der Waals surface area contributed by atoms with Crippen LogP contribution in [0.2, 0.25) is 0 Å². The number of ether oxygens (including phenoxy) is 1. The van der Waals surface area contributed by atoms with Crippen molar-refractivity contribution < 1.29 is 4.74 Å². The molecule has 10 nitrogen and oxygen atoms in total. The minimum Gasteiger partial charge on any atom is -0.481 e. The highest BCUT2D eigenvalue weighted by Gasteiger charge is 2.44. The molecule has 2 bridgehead atoms. The summed E-state index contributed by atoms with van der Waals surface area (Å²) < 4.78 is 7.09. The molecular formula is C29H35N9O. The van der Waals surface area contributed by atoms with Gasteiger partial charge >= 0.3 is 0 Å². The second-order valence-corrected chi connectivity index (χ2v) is 11.5. The van der Waals surface area contributed by atoms with Crippen LogP contribution in [0.4, 0.5) is 5.82 Å². The third-order valence-corrected chi connectivity index (χ3v) is 7.87. The van der Waals surface area contributed by atoms with Gasteiger partial charge < -0.3 is 20.7 Å². The predicted molar refractivity (Wildman–Crippen MR) is 149 cm³/mol. The van der Waals surface area contributed by atoms with E-state index in [1.165, 1.54) is 12.0 Å². The number of hydrogen-bond donors (Lipinski definition) is 2. The van der Waals surface area contributed by atoms with E-state index in [1.807, 2.05) is 37.0 Å². The van der Waals surface area contributed by atoms with Crippen LogP contribution < -0.4 is 20.7 Å². The largest absolute Gasteiger partial charge is 0.481 e. The Kier molecular flexibility index (Phi) is 6.59. The lowest BCUT2D eigenvalue weighted by molar-refractivity contribution is -0.00877. The molecular weight excluding hydrogens is 490 g/mol. The molecule has 0 amide bonds. The molecule has 39 heavy (non-hydrogen) atoms. The average molecular weight is 526 g/mol. The van der Waals surface area contributed by atoms with Crippen LogP contribution in [0.25, 0.3) is 5.57 Å². The quantitative estimate of drug-likeness (QED) is 0.456. The van der Waals surface area contributed by atoms with Crippen molar-refractivity contribution in [2.24, 2.45) is 5.73 Å². The van der Waals surface area contributed by atoms with E-state index in [-0.39, 0.29) is 11.6 Å². The number of methoxy groups -OCH3 is 1. The van der Waals surface area contributed by atoms with Crippen molar-refractivity contribution in [2.75, 3.05) is 31.6 Å². The van der Waals surface area contributed by atoms with E-state index < -0.39 is 0 Å². The van der Waals surface area contributed by atoms with Gasteiger partial charge in [-0.15, -0.1) is 0 Å². The van der Waals surface area contributed by atoms with E-state index in [0.717, 1.165) is 42.3 Å². The number of pyridine rings is 2. The number of aromatic nitrogens is 4. The van der Waals surface area contributed by atoms with Gasteiger partial charge in [0.05, 0.1) is 31.1 Å². The summed E-state index contributed by atoms with van der Waals surface area (Å²) in [5.74, 6) is 1.64. The zero-order valence-corrected chi connectivity index (χ0v) is 22.7. The normalized spacial score (nSPS) is 22.5. The van der Waals surface area contributed by atoms with E-state index in [0.29, 0.717) is 36.6 Å². The molecule has 3 saturated heterocycles. The molecule has 0 aromatic carbocycles. The maximum absolute atomic E-state index is 9.71. The summed E-state index contributed by atoms with van der Waals surface area (Å²) >= 11 is 0. The van der Waals surface area contributed by atoms with Crippen molar-refractivity contribution in [1.29, 1.82) is 5.26 Å². The standard InChI is InChI=1S/C29H35N9O/c1-29(2,31)18-34-22-8-25(28-21(10-30)13-35-38(28)15-22)20-5-6-26(32-12-20)36-16-23-9-24(17-36)37(23)14-19-4-7-27(39-3)33-11-19/h4-8,11-13,22-24,34H,9,14-18,31H2,1-3H3. The molecule has 3 aromatic heterocycles. The van der Waals surface area contributed by atoms with Crippen LogP contribution in [-0.2, 0) is 13.1 Å². The maximum Gasteiger partial charge on any atom is 0.212 e. The molecule has 202 valence electrons. The highest BCUT2D eigenvalue weighted by Crippen LogP contribution is 2.36. The monoisotopic (exact) mass is 525 g/mol. The van der Waals surface area contributed by atoms with Gasteiger partial charge in [-0.3, -0.25) is 9.58 Å². The summed E-state index contributed by atoms with van der Waals surface area (Å²) in [6.45, 7) is 8.16. The second kappa shape index (κ2) is 10.1. The first-order valence-corrected chi connectivity index (χ1v) is 13.5. The third-order valence-electron chi connectivity index (χ3n) is 7.87. The van der Waals surface area contributed by atoms with Gasteiger partial charge in [0, 0.05) is 79.4 Å². The highest BCUT2D eigenvalue weighted by atomic mass is 16.5.